The third kappa shape index (κ3) is 3.53. The lowest BCUT2D eigenvalue weighted by Crippen LogP contribution is -2.44. The molecule has 0 radical (unpaired) electrons. The highest BCUT2D eigenvalue weighted by molar-refractivity contribution is 5.79. The van der Waals surface area contributed by atoms with E-state index in [1.165, 1.54) is 0 Å². The molecule has 1 aromatic carbocycles. The lowest BCUT2D eigenvalue weighted by molar-refractivity contribution is -0.137. The standard InChI is InChI=1S/C17H23NO4/c1-20-14-2-4-15(5-3-14)22-16-6-9-18(10-7-16)17(19)13-8-11-21-12-13/h2-5,13,16H,6-12H2,1H3. The van der Waals surface area contributed by atoms with Gasteiger partial charge in [0.15, 0.2) is 0 Å². The number of benzene rings is 1. The van der Waals surface area contributed by atoms with Crippen LogP contribution in [0, 0.1) is 5.92 Å². The van der Waals surface area contributed by atoms with Gasteiger partial charge in [-0.05, 0) is 30.7 Å². The Morgan fingerprint density at radius 3 is 2.41 bits per heavy atom. The van der Waals surface area contributed by atoms with Gasteiger partial charge in [-0.2, -0.15) is 0 Å². The van der Waals surface area contributed by atoms with E-state index in [2.05, 4.69) is 0 Å². The molecule has 2 aliphatic heterocycles. The van der Waals surface area contributed by atoms with E-state index >= 15 is 0 Å². The van der Waals surface area contributed by atoms with Crippen LogP contribution in [0.4, 0.5) is 0 Å². The molecule has 1 atom stereocenters. The Bertz CT molecular complexity index is 488. The monoisotopic (exact) mass is 305 g/mol. The lowest BCUT2D eigenvalue weighted by Gasteiger charge is -2.33. The van der Waals surface area contributed by atoms with Crippen molar-refractivity contribution in [2.24, 2.45) is 5.92 Å². The smallest absolute Gasteiger partial charge is 0.228 e. The molecule has 5 heteroatoms. The maximum Gasteiger partial charge on any atom is 0.228 e. The average molecular weight is 305 g/mol. The van der Waals surface area contributed by atoms with Crippen LogP contribution >= 0.6 is 0 Å². The van der Waals surface area contributed by atoms with Gasteiger partial charge in [-0.1, -0.05) is 0 Å². The van der Waals surface area contributed by atoms with Gasteiger partial charge in [-0.3, -0.25) is 4.79 Å². The molecule has 0 saturated carbocycles. The summed E-state index contributed by atoms with van der Waals surface area (Å²) in [6.45, 7) is 2.85. The fourth-order valence-electron chi connectivity index (χ4n) is 3.03. The summed E-state index contributed by atoms with van der Waals surface area (Å²) in [5.74, 6) is 2.00. The van der Waals surface area contributed by atoms with Crippen molar-refractivity contribution in [2.45, 2.75) is 25.4 Å². The van der Waals surface area contributed by atoms with Gasteiger partial charge in [-0.15, -0.1) is 0 Å². The largest absolute Gasteiger partial charge is 0.497 e. The van der Waals surface area contributed by atoms with E-state index in [-0.39, 0.29) is 17.9 Å². The summed E-state index contributed by atoms with van der Waals surface area (Å²) in [6.07, 6.45) is 2.80. The summed E-state index contributed by atoms with van der Waals surface area (Å²) in [5, 5.41) is 0. The van der Waals surface area contributed by atoms with E-state index in [0.29, 0.717) is 13.2 Å². The molecule has 1 unspecified atom stereocenters. The molecule has 2 saturated heterocycles. The molecule has 0 spiro atoms. The van der Waals surface area contributed by atoms with Crippen LogP contribution in [-0.4, -0.2) is 50.3 Å². The van der Waals surface area contributed by atoms with Crippen LogP contribution < -0.4 is 9.47 Å². The topological polar surface area (TPSA) is 48.0 Å². The van der Waals surface area contributed by atoms with E-state index in [4.69, 9.17) is 14.2 Å². The summed E-state index contributed by atoms with van der Waals surface area (Å²) >= 11 is 0. The zero-order valence-electron chi connectivity index (χ0n) is 13.0. The molecule has 0 N–H and O–H groups in total. The summed E-state index contributed by atoms with van der Waals surface area (Å²) in [7, 11) is 1.65. The van der Waals surface area contributed by atoms with Crippen molar-refractivity contribution in [3.63, 3.8) is 0 Å². The molecule has 5 nitrogen and oxygen atoms in total. The number of amides is 1. The SMILES string of the molecule is COc1ccc(OC2CCN(C(=O)C3CCOC3)CC2)cc1. The second-order valence-corrected chi connectivity index (χ2v) is 5.88. The predicted molar refractivity (Wildman–Crippen MR) is 82.2 cm³/mol. The number of ether oxygens (including phenoxy) is 3. The molecule has 22 heavy (non-hydrogen) atoms. The van der Waals surface area contributed by atoms with Gasteiger partial charge >= 0.3 is 0 Å². The molecular weight excluding hydrogens is 282 g/mol. The van der Waals surface area contributed by atoms with Crippen LogP contribution in [-0.2, 0) is 9.53 Å². The quantitative estimate of drug-likeness (QED) is 0.855. The minimum Gasteiger partial charge on any atom is -0.497 e. The Balaban J connectivity index is 1.47. The molecule has 2 aliphatic rings. The summed E-state index contributed by atoms with van der Waals surface area (Å²) in [4.78, 5) is 14.3. The van der Waals surface area contributed by atoms with Crippen molar-refractivity contribution >= 4 is 5.91 Å². The first-order valence-electron chi connectivity index (χ1n) is 7.93. The maximum absolute atomic E-state index is 12.3. The van der Waals surface area contributed by atoms with E-state index < -0.39 is 0 Å². The molecule has 1 aromatic rings. The Kier molecular flexibility index (Phi) is 4.83. The molecular formula is C17H23NO4. The lowest BCUT2D eigenvalue weighted by atomic mass is 10.0. The Hall–Kier alpha value is -1.75. The van der Waals surface area contributed by atoms with Gasteiger partial charge in [0.2, 0.25) is 5.91 Å². The van der Waals surface area contributed by atoms with Gasteiger partial charge in [-0.25, -0.2) is 0 Å². The zero-order chi connectivity index (χ0) is 15.4. The van der Waals surface area contributed by atoms with Crippen molar-refractivity contribution in [1.82, 2.24) is 4.90 Å². The van der Waals surface area contributed by atoms with Crippen LogP contribution in [0.1, 0.15) is 19.3 Å². The third-order valence-electron chi connectivity index (χ3n) is 4.39. The maximum atomic E-state index is 12.3. The predicted octanol–water partition coefficient (Wildman–Crippen LogP) is 2.10. The van der Waals surface area contributed by atoms with Crippen molar-refractivity contribution in [1.29, 1.82) is 0 Å². The number of methoxy groups -OCH3 is 1. The first-order valence-corrected chi connectivity index (χ1v) is 7.93. The zero-order valence-corrected chi connectivity index (χ0v) is 13.0. The summed E-state index contributed by atoms with van der Waals surface area (Å²) in [5.41, 5.74) is 0. The average Bonchev–Trinajstić information content (AvgIpc) is 3.10. The Labute approximate surface area is 131 Å². The van der Waals surface area contributed by atoms with E-state index in [1.807, 2.05) is 29.2 Å². The molecule has 0 aromatic heterocycles. The van der Waals surface area contributed by atoms with Crippen molar-refractivity contribution in [2.75, 3.05) is 33.4 Å². The Morgan fingerprint density at radius 2 is 1.82 bits per heavy atom. The summed E-state index contributed by atoms with van der Waals surface area (Å²) < 4.78 is 16.4. The van der Waals surface area contributed by atoms with E-state index in [1.54, 1.807) is 7.11 Å². The number of hydrogen-bond acceptors (Lipinski definition) is 4. The van der Waals surface area contributed by atoms with E-state index in [9.17, 15) is 4.79 Å². The van der Waals surface area contributed by atoms with Crippen LogP contribution in [0.5, 0.6) is 11.5 Å². The second-order valence-electron chi connectivity index (χ2n) is 5.88. The molecule has 0 bridgehead atoms. The summed E-state index contributed by atoms with van der Waals surface area (Å²) in [6, 6.07) is 7.64. The third-order valence-corrected chi connectivity index (χ3v) is 4.39. The number of rotatable bonds is 4. The Morgan fingerprint density at radius 1 is 1.14 bits per heavy atom. The van der Waals surface area contributed by atoms with Gasteiger partial charge in [0.25, 0.3) is 0 Å². The van der Waals surface area contributed by atoms with Crippen LogP contribution in [0.3, 0.4) is 0 Å². The first kappa shape index (κ1) is 15.2. The number of carbonyl (C=O) groups excluding carboxylic acids is 1. The number of likely N-dealkylation sites (tertiary alicyclic amines) is 1. The highest BCUT2D eigenvalue weighted by atomic mass is 16.5. The molecule has 2 heterocycles. The number of hydrogen-bond donors (Lipinski definition) is 0. The number of nitrogens with zero attached hydrogens (tertiary/aromatic N) is 1. The molecule has 120 valence electrons. The van der Waals surface area contributed by atoms with Gasteiger partial charge in [0.1, 0.15) is 17.6 Å². The molecule has 2 fully saturated rings. The van der Waals surface area contributed by atoms with Crippen LogP contribution in [0.2, 0.25) is 0 Å². The fourth-order valence-corrected chi connectivity index (χ4v) is 3.03. The van der Waals surface area contributed by atoms with Crippen molar-refractivity contribution in [3.8, 4) is 11.5 Å². The second kappa shape index (κ2) is 7.01. The van der Waals surface area contributed by atoms with Crippen LogP contribution in [0.25, 0.3) is 0 Å². The van der Waals surface area contributed by atoms with Gasteiger partial charge in [0.05, 0.1) is 19.6 Å². The van der Waals surface area contributed by atoms with Crippen molar-refractivity contribution in [3.05, 3.63) is 24.3 Å². The molecule has 1 amide bonds. The highest BCUT2D eigenvalue weighted by Crippen LogP contribution is 2.23. The van der Waals surface area contributed by atoms with E-state index in [0.717, 1.165) is 43.9 Å². The van der Waals surface area contributed by atoms with Crippen LogP contribution in [0.15, 0.2) is 24.3 Å². The molecule has 0 aliphatic carbocycles. The number of carbonyl (C=O) groups is 1. The van der Waals surface area contributed by atoms with Crippen molar-refractivity contribution < 1.29 is 19.0 Å². The number of piperidine rings is 1. The minimum atomic E-state index is 0.0686. The molecule has 3 rings (SSSR count). The van der Waals surface area contributed by atoms with Gasteiger partial charge < -0.3 is 19.1 Å². The highest BCUT2D eigenvalue weighted by Gasteiger charge is 2.31. The fraction of sp³-hybridized carbons (Fsp3) is 0.588. The first-order chi connectivity index (χ1) is 10.8. The van der Waals surface area contributed by atoms with Gasteiger partial charge in [0, 0.05) is 32.5 Å². The minimum absolute atomic E-state index is 0.0686. The normalized spacial score (nSPS) is 22.6.